The normalized spacial score (nSPS) is 44.2. The summed E-state index contributed by atoms with van der Waals surface area (Å²) in [6, 6.07) is -0.622. The van der Waals surface area contributed by atoms with Crippen molar-refractivity contribution in [2.75, 3.05) is 0 Å². The molecule has 51 heavy (non-hydrogen) atoms. The van der Waals surface area contributed by atoms with E-state index in [2.05, 4.69) is 90.0 Å². The van der Waals surface area contributed by atoms with E-state index in [0.717, 1.165) is 32.1 Å². The summed E-state index contributed by atoms with van der Waals surface area (Å²) >= 11 is 0. The van der Waals surface area contributed by atoms with Gasteiger partial charge in [0.05, 0.1) is 54.9 Å². The molecule has 2 saturated carbocycles. The summed E-state index contributed by atoms with van der Waals surface area (Å²) in [6.07, 6.45) is 4.71. The molecule has 2 bridgehead atoms. The fraction of sp³-hybridized carbons (Fsp3) is 0.860. The van der Waals surface area contributed by atoms with Gasteiger partial charge in [0.25, 0.3) is 0 Å². The quantitative estimate of drug-likeness (QED) is 0.172. The van der Waals surface area contributed by atoms with Gasteiger partial charge in [0.2, 0.25) is 0 Å². The Bertz CT molecular complexity index is 1660. The van der Waals surface area contributed by atoms with Gasteiger partial charge in [0, 0.05) is 16.9 Å². The smallest absolute Gasteiger partial charge is 0.0809 e. The zero-order chi connectivity index (χ0) is 39.3. The number of nitrogens with two attached hydrogens (primary N) is 1. The Kier molecular flexibility index (Phi) is 8.16. The summed E-state index contributed by atoms with van der Waals surface area (Å²) in [7, 11) is 54.8. The Balaban J connectivity index is 1.47. The predicted octanol–water partition coefficient (Wildman–Crippen LogP) is 9.62. The lowest BCUT2D eigenvalue weighted by molar-refractivity contribution is -0.0483. The standard InChI is InChI=1S/C43H64B7N/c1-22(2)23(3)24(4)33(8,9)18-17-26(34(10,44)32(5,6)7)31(51)37(13,47)38(14,48)39(15,49)43-35(11,45)27-21-41-20-25-19-28(36(43,12)46)42(29(25)41,30(27)41)40(43,16)50/h22,26,28,31H,17-21,51H2,1-16H3/b24-23+/t26?,28-,31?,34?,35?,36?,37?,38?,39?,40?,41?,42-,43?/m0/s1. The molecular weight excluding hydrogens is 606 g/mol. The summed E-state index contributed by atoms with van der Waals surface area (Å²) < 4.78 is 0. The molecule has 2 spiro atoms. The first-order valence-electron chi connectivity index (χ1n) is 20.0. The Labute approximate surface area is 323 Å². The van der Waals surface area contributed by atoms with E-state index in [1.165, 1.54) is 22.3 Å². The van der Waals surface area contributed by atoms with Crippen molar-refractivity contribution in [1.29, 1.82) is 0 Å². The maximum absolute atomic E-state index is 8.04. The fourth-order valence-electron chi connectivity index (χ4n) is 14.9. The van der Waals surface area contributed by atoms with Crippen LogP contribution in [0.1, 0.15) is 143 Å². The van der Waals surface area contributed by atoms with Crippen LogP contribution in [0.2, 0.25) is 37.2 Å². The highest BCUT2D eigenvalue weighted by Gasteiger charge is 2.95. The molecule has 14 radical (unpaired) electrons. The van der Waals surface area contributed by atoms with Crippen LogP contribution in [0.4, 0.5) is 0 Å². The van der Waals surface area contributed by atoms with Crippen molar-refractivity contribution in [2.24, 2.45) is 50.6 Å². The van der Waals surface area contributed by atoms with E-state index in [1.54, 1.807) is 11.1 Å². The summed E-state index contributed by atoms with van der Waals surface area (Å²) in [5, 5.41) is -7.15. The lowest BCUT2D eigenvalue weighted by atomic mass is 9.10. The van der Waals surface area contributed by atoms with Gasteiger partial charge in [-0.1, -0.05) is 151 Å². The van der Waals surface area contributed by atoms with Crippen molar-refractivity contribution in [1.82, 2.24) is 0 Å². The second-order valence-electron chi connectivity index (χ2n) is 22.5. The molecule has 0 aliphatic heterocycles. The van der Waals surface area contributed by atoms with E-state index in [1.807, 2.05) is 20.8 Å². The van der Waals surface area contributed by atoms with Crippen molar-refractivity contribution >= 4 is 54.9 Å². The molecule has 8 heteroatoms. The van der Waals surface area contributed by atoms with Gasteiger partial charge >= 0.3 is 0 Å². The zero-order valence-electron chi connectivity index (χ0n) is 35.5. The zero-order valence-corrected chi connectivity index (χ0v) is 35.5. The molecule has 6 rings (SSSR count). The van der Waals surface area contributed by atoms with Gasteiger partial charge in [-0.25, -0.2) is 0 Å². The molecule has 0 aromatic heterocycles. The molecule has 2 fully saturated rings. The fourth-order valence-corrected chi connectivity index (χ4v) is 14.9. The number of hydrogen-bond acceptors (Lipinski definition) is 1. The van der Waals surface area contributed by atoms with Crippen LogP contribution in [-0.4, -0.2) is 61.0 Å². The van der Waals surface area contributed by atoms with Crippen LogP contribution in [0.25, 0.3) is 0 Å². The van der Waals surface area contributed by atoms with Crippen molar-refractivity contribution in [2.45, 2.75) is 186 Å². The highest BCUT2D eigenvalue weighted by Crippen LogP contribution is 3.08. The summed E-state index contributed by atoms with van der Waals surface area (Å²) in [5.74, 6) is 0.376. The Hall–Kier alpha value is -0.365. The van der Waals surface area contributed by atoms with Gasteiger partial charge in [-0.15, -0.1) is 0 Å². The number of fused-ring (bicyclic) bond motifs is 1. The summed E-state index contributed by atoms with van der Waals surface area (Å²) in [4.78, 5) is 0. The molecule has 11 unspecified atom stereocenters. The minimum absolute atomic E-state index is 0.0625. The second kappa shape index (κ2) is 10.3. The molecule has 0 aromatic rings. The van der Waals surface area contributed by atoms with Gasteiger partial charge in [-0.2, -0.15) is 0 Å². The average molecular weight is 671 g/mol. The third-order valence-corrected chi connectivity index (χ3v) is 18.9. The first-order valence-corrected chi connectivity index (χ1v) is 20.0. The molecular formula is C43H64B7N. The molecule has 6 aliphatic carbocycles. The van der Waals surface area contributed by atoms with Crippen molar-refractivity contribution in [3.05, 3.63) is 33.4 Å². The lowest BCUT2D eigenvalue weighted by Crippen LogP contribution is -2.73. The summed E-state index contributed by atoms with van der Waals surface area (Å²) in [5.41, 5.74) is 14.8. The van der Waals surface area contributed by atoms with E-state index < -0.39 is 48.7 Å². The number of hydrogen-bond donors (Lipinski definition) is 1. The molecule has 262 valence electrons. The van der Waals surface area contributed by atoms with Crippen LogP contribution in [0, 0.1) is 44.8 Å². The SMILES string of the molecule is [B]C1(C)C2=C3C4(CC5=C4[C@@]34[C@@H](C5)C([B])(C)C1(C([B])(C)C([B])(C)C([B])(C)C(N)C(CCC(C)(C)/C(C)=C(\C)C(C)C)C([B])(C)C(C)(C)C)C4([B])C)C2. The van der Waals surface area contributed by atoms with Crippen molar-refractivity contribution < 1.29 is 0 Å². The largest absolute Gasteiger partial charge is 0.328 e. The monoisotopic (exact) mass is 672 g/mol. The second-order valence-corrected chi connectivity index (χ2v) is 22.5. The highest BCUT2D eigenvalue weighted by atomic mass is 15.0. The number of rotatable bonds is 11. The molecule has 1 nitrogen and oxygen atoms in total. The lowest BCUT2D eigenvalue weighted by Gasteiger charge is -2.85. The highest BCUT2D eigenvalue weighted by molar-refractivity contribution is 6.37. The van der Waals surface area contributed by atoms with Crippen LogP contribution in [-0.2, 0) is 0 Å². The molecule has 0 amide bonds. The van der Waals surface area contributed by atoms with Gasteiger partial charge in [-0.05, 0) is 96.4 Å². The topological polar surface area (TPSA) is 26.0 Å². The van der Waals surface area contributed by atoms with Gasteiger partial charge < -0.3 is 5.73 Å². The maximum Gasteiger partial charge on any atom is 0.0809 e. The van der Waals surface area contributed by atoms with Gasteiger partial charge in [-0.3, -0.25) is 0 Å². The minimum Gasteiger partial charge on any atom is -0.328 e. The van der Waals surface area contributed by atoms with Crippen molar-refractivity contribution in [3.8, 4) is 0 Å². The van der Waals surface area contributed by atoms with E-state index in [0.29, 0.717) is 5.92 Å². The molecule has 0 aromatic carbocycles. The molecule has 2 N–H and O–H groups in total. The van der Waals surface area contributed by atoms with E-state index in [4.69, 9.17) is 60.7 Å². The molecule has 6 aliphatic rings. The van der Waals surface area contributed by atoms with Crippen LogP contribution in [0.5, 0.6) is 0 Å². The third-order valence-electron chi connectivity index (χ3n) is 18.9. The molecule has 0 saturated heterocycles. The van der Waals surface area contributed by atoms with Crippen LogP contribution >= 0.6 is 0 Å². The van der Waals surface area contributed by atoms with E-state index >= 15 is 0 Å². The third kappa shape index (κ3) is 3.82. The van der Waals surface area contributed by atoms with E-state index in [-0.39, 0.29) is 33.5 Å². The van der Waals surface area contributed by atoms with Gasteiger partial charge in [0.1, 0.15) is 0 Å². The Morgan fingerprint density at radius 1 is 0.824 bits per heavy atom. The number of allylic oxidation sites excluding steroid dienone is 6. The minimum atomic E-state index is -1.30. The average Bonchev–Trinajstić information content (AvgIpc) is 3.16. The summed E-state index contributed by atoms with van der Waals surface area (Å²) in [6.45, 7) is 34.9. The first kappa shape index (κ1) is 40.3. The molecule has 0 heterocycles. The van der Waals surface area contributed by atoms with Gasteiger partial charge in [0.15, 0.2) is 0 Å². The van der Waals surface area contributed by atoms with Crippen LogP contribution in [0.15, 0.2) is 33.4 Å². The van der Waals surface area contributed by atoms with E-state index in [9.17, 15) is 0 Å². The predicted molar refractivity (Wildman–Crippen MR) is 225 cm³/mol. The van der Waals surface area contributed by atoms with Crippen LogP contribution in [0.3, 0.4) is 0 Å². The first-order chi connectivity index (χ1) is 22.5. The Morgan fingerprint density at radius 3 is 1.84 bits per heavy atom. The Morgan fingerprint density at radius 2 is 1.35 bits per heavy atom. The maximum atomic E-state index is 8.04. The molecule has 13 atom stereocenters. The van der Waals surface area contributed by atoms with Crippen molar-refractivity contribution in [3.63, 3.8) is 0 Å². The van der Waals surface area contributed by atoms with Crippen LogP contribution < -0.4 is 5.73 Å².